The van der Waals surface area contributed by atoms with Crippen LogP contribution in [0.15, 0.2) is 0 Å². The third kappa shape index (κ3) is 1.75. The molecule has 1 heterocycles. The number of nitrogens with zero attached hydrogens (tertiary/aromatic N) is 1. The van der Waals surface area contributed by atoms with Crippen LogP contribution in [0.2, 0.25) is 0 Å². The van der Waals surface area contributed by atoms with Gasteiger partial charge in [-0.05, 0) is 24.2 Å². The molecule has 2 heteroatoms. The normalized spacial score (nSPS) is 30.7. The van der Waals surface area contributed by atoms with Crippen LogP contribution >= 0.6 is 0 Å². The molecular formula is C11H22N2. The molecule has 1 saturated carbocycles. The van der Waals surface area contributed by atoms with E-state index in [0.29, 0.717) is 11.5 Å². The Bertz CT molecular complexity index is 177. The lowest BCUT2D eigenvalue weighted by Crippen LogP contribution is -2.61. The molecule has 1 atom stereocenters. The molecule has 1 saturated heterocycles. The lowest BCUT2D eigenvalue weighted by Gasteiger charge is -2.53. The molecule has 2 nitrogen and oxygen atoms in total. The Balaban J connectivity index is 1.84. The first kappa shape index (κ1) is 9.47. The van der Waals surface area contributed by atoms with Crippen molar-refractivity contribution < 1.29 is 0 Å². The van der Waals surface area contributed by atoms with Crippen molar-refractivity contribution in [2.75, 3.05) is 19.6 Å². The molecule has 2 fully saturated rings. The van der Waals surface area contributed by atoms with Crippen molar-refractivity contribution in [2.24, 2.45) is 17.1 Å². The highest BCUT2D eigenvalue weighted by atomic mass is 15.2. The molecule has 0 bridgehead atoms. The average Bonchev–Trinajstić information content (AvgIpc) is 1.91. The van der Waals surface area contributed by atoms with Crippen LogP contribution in [0.25, 0.3) is 0 Å². The van der Waals surface area contributed by atoms with E-state index in [1.54, 1.807) is 0 Å². The molecule has 13 heavy (non-hydrogen) atoms. The summed E-state index contributed by atoms with van der Waals surface area (Å²) in [6.07, 6.45) is 4.26. The van der Waals surface area contributed by atoms with Gasteiger partial charge in [0.05, 0.1) is 0 Å². The van der Waals surface area contributed by atoms with Gasteiger partial charge in [0.15, 0.2) is 0 Å². The van der Waals surface area contributed by atoms with Crippen LogP contribution < -0.4 is 5.73 Å². The zero-order valence-corrected chi connectivity index (χ0v) is 8.92. The fourth-order valence-electron chi connectivity index (χ4n) is 2.75. The van der Waals surface area contributed by atoms with E-state index in [-0.39, 0.29) is 0 Å². The molecule has 2 rings (SSSR count). The Hall–Kier alpha value is -0.0800. The van der Waals surface area contributed by atoms with Gasteiger partial charge in [-0.25, -0.2) is 0 Å². The fraction of sp³-hybridized carbons (Fsp3) is 1.00. The smallest absolute Gasteiger partial charge is 0.0247 e. The summed E-state index contributed by atoms with van der Waals surface area (Å²) < 4.78 is 0. The standard InChI is InChI=1S/C11H22N2/c1-11(2)7-13(8-11)10(6-12)9-4-3-5-9/h9-10H,3-8,12H2,1-2H3. The quantitative estimate of drug-likeness (QED) is 0.716. The highest BCUT2D eigenvalue weighted by Gasteiger charge is 2.41. The van der Waals surface area contributed by atoms with E-state index in [1.165, 1.54) is 32.4 Å². The first-order valence-corrected chi connectivity index (χ1v) is 5.56. The van der Waals surface area contributed by atoms with Crippen LogP contribution in [-0.4, -0.2) is 30.6 Å². The summed E-state index contributed by atoms with van der Waals surface area (Å²) in [5.41, 5.74) is 6.39. The topological polar surface area (TPSA) is 29.3 Å². The Morgan fingerprint density at radius 2 is 2.00 bits per heavy atom. The van der Waals surface area contributed by atoms with Crippen LogP contribution in [0.3, 0.4) is 0 Å². The molecule has 0 aromatic carbocycles. The molecule has 1 aliphatic carbocycles. The van der Waals surface area contributed by atoms with Crippen molar-refractivity contribution in [1.82, 2.24) is 4.90 Å². The van der Waals surface area contributed by atoms with Crippen molar-refractivity contribution in [1.29, 1.82) is 0 Å². The third-order valence-corrected chi connectivity index (χ3v) is 3.67. The molecule has 1 unspecified atom stereocenters. The summed E-state index contributed by atoms with van der Waals surface area (Å²) in [5.74, 6) is 0.918. The number of hydrogen-bond acceptors (Lipinski definition) is 2. The zero-order valence-electron chi connectivity index (χ0n) is 8.92. The van der Waals surface area contributed by atoms with E-state index in [0.717, 1.165) is 12.5 Å². The van der Waals surface area contributed by atoms with Crippen LogP contribution in [0.1, 0.15) is 33.1 Å². The fourth-order valence-corrected chi connectivity index (χ4v) is 2.75. The predicted octanol–water partition coefficient (Wildman–Crippen LogP) is 1.46. The van der Waals surface area contributed by atoms with Crippen LogP contribution in [-0.2, 0) is 0 Å². The van der Waals surface area contributed by atoms with Crippen LogP contribution in [0, 0.1) is 11.3 Å². The predicted molar refractivity (Wildman–Crippen MR) is 55.5 cm³/mol. The lowest BCUT2D eigenvalue weighted by atomic mass is 9.75. The first-order chi connectivity index (χ1) is 6.12. The Morgan fingerprint density at radius 1 is 1.38 bits per heavy atom. The van der Waals surface area contributed by atoms with Gasteiger partial charge in [0.25, 0.3) is 0 Å². The molecule has 0 aromatic heterocycles. The van der Waals surface area contributed by atoms with Crippen molar-refractivity contribution >= 4 is 0 Å². The lowest BCUT2D eigenvalue weighted by molar-refractivity contribution is -0.0360. The van der Waals surface area contributed by atoms with Gasteiger partial charge >= 0.3 is 0 Å². The second-order valence-electron chi connectivity index (χ2n) is 5.56. The number of nitrogens with two attached hydrogens (primary N) is 1. The monoisotopic (exact) mass is 182 g/mol. The minimum atomic E-state index is 0.553. The molecule has 0 amide bonds. The highest BCUT2D eigenvalue weighted by Crippen LogP contribution is 2.38. The summed E-state index contributed by atoms with van der Waals surface area (Å²) in [5, 5.41) is 0. The van der Waals surface area contributed by atoms with E-state index in [4.69, 9.17) is 5.73 Å². The number of hydrogen-bond donors (Lipinski definition) is 1. The van der Waals surface area contributed by atoms with Crippen LogP contribution in [0.4, 0.5) is 0 Å². The summed E-state index contributed by atoms with van der Waals surface area (Å²) >= 11 is 0. The van der Waals surface area contributed by atoms with Gasteiger partial charge in [-0.1, -0.05) is 20.3 Å². The van der Waals surface area contributed by atoms with Crippen molar-refractivity contribution in [3.63, 3.8) is 0 Å². The molecule has 2 N–H and O–H groups in total. The van der Waals surface area contributed by atoms with Gasteiger partial charge in [0.1, 0.15) is 0 Å². The van der Waals surface area contributed by atoms with E-state index in [9.17, 15) is 0 Å². The van der Waals surface area contributed by atoms with Gasteiger partial charge in [0, 0.05) is 25.7 Å². The second kappa shape index (κ2) is 3.25. The highest BCUT2D eigenvalue weighted by molar-refractivity contribution is 4.95. The molecule has 1 aliphatic heterocycles. The maximum absolute atomic E-state index is 5.84. The Labute approximate surface area is 81.5 Å². The SMILES string of the molecule is CC1(C)CN(C(CN)C2CCC2)C1. The number of likely N-dealkylation sites (tertiary alicyclic amines) is 1. The minimum Gasteiger partial charge on any atom is -0.329 e. The summed E-state index contributed by atoms with van der Waals surface area (Å²) in [7, 11) is 0. The average molecular weight is 182 g/mol. The molecule has 0 aromatic rings. The van der Waals surface area contributed by atoms with E-state index in [1.807, 2.05) is 0 Å². The largest absolute Gasteiger partial charge is 0.329 e. The van der Waals surface area contributed by atoms with Gasteiger partial charge in [-0.15, -0.1) is 0 Å². The Kier molecular flexibility index (Phi) is 2.37. The third-order valence-electron chi connectivity index (χ3n) is 3.67. The molecule has 0 radical (unpaired) electrons. The van der Waals surface area contributed by atoms with Gasteiger partial charge in [0.2, 0.25) is 0 Å². The van der Waals surface area contributed by atoms with Crippen molar-refractivity contribution in [2.45, 2.75) is 39.2 Å². The van der Waals surface area contributed by atoms with Crippen molar-refractivity contribution in [3.8, 4) is 0 Å². The minimum absolute atomic E-state index is 0.553. The molecule has 76 valence electrons. The van der Waals surface area contributed by atoms with Crippen LogP contribution in [0.5, 0.6) is 0 Å². The van der Waals surface area contributed by atoms with E-state index in [2.05, 4.69) is 18.7 Å². The van der Waals surface area contributed by atoms with Gasteiger partial charge in [-0.2, -0.15) is 0 Å². The maximum atomic E-state index is 5.84. The Morgan fingerprint density at radius 3 is 2.31 bits per heavy atom. The number of rotatable bonds is 3. The molecule has 0 spiro atoms. The summed E-state index contributed by atoms with van der Waals surface area (Å²) in [4.78, 5) is 2.59. The molecule has 2 aliphatic rings. The maximum Gasteiger partial charge on any atom is 0.0247 e. The summed E-state index contributed by atoms with van der Waals surface area (Å²) in [6, 6.07) is 0.696. The summed E-state index contributed by atoms with van der Waals surface area (Å²) in [6.45, 7) is 8.06. The van der Waals surface area contributed by atoms with Crippen molar-refractivity contribution in [3.05, 3.63) is 0 Å². The van der Waals surface area contributed by atoms with Gasteiger partial charge in [-0.3, -0.25) is 4.90 Å². The second-order valence-corrected chi connectivity index (χ2v) is 5.56. The zero-order chi connectivity index (χ0) is 9.47. The first-order valence-electron chi connectivity index (χ1n) is 5.56. The van der Waals surface area contributed by atoms with E-state index >= 15 is 0 Å². The molecular weight excluding hydrogens is 160 g/mol. The van der Waals surface area contributed by atoms with Gasteiger partial charge < -0.3 is 5.73 Å². The van der Waals surface area contributed by atoms with E-state index < -0.39 is 0 Å².